The summed E-state index contributed by atoms with van der Waals surface area (Å²) < 4.78 is 45.5. The topological polar surface area (TPSA) is 90.1 Å². The van der Waals surface area contributed by atoms with E-state index in [1.165, 1.54) is 17.4 Å². The minimum Gasteiger partial charge on any atom is -0.399 e. The fourth-order valence-corrected chi connectivity index (χ4v) is 5.01. The molecule has 1 aliphatic heterocycles. The highest BCUT2D eigenvalue weighted by Crippen LogP contribution is 2.39. The van der Waals surface area contributed by atoms with E-state index in [0.29, 0.717) is 48.0 Å². The second kappa shape index (κ2) is 8.32. The molecule has 0 radical (unpaired) electrons. The van der Waals surface area contributed by atoms with E-state index in [1.807, 2.05) is 13.8 Å². The van der Waals surface area contributed by atoms with Gasteiger partial charge in [0.1, 0.15) is 0 Å². The number of ether oxygens (including phenoxy) is 1. The Bertz CT molecular complexity index is 1170. The number of hydrogen-bond acceptors (Lipinski definition) is 7. The number of benzene rings is 1. The highest BCUT2D eigenvalue weighted by Gasteiger charge is 2.37. The molecule has 4 rings (SSSR count). The SMILES string of the molecule is Cc1nnc(NCc2cc(N)cc(C(F)(F)F)c2)c2cc(C(=O)C3(C)CCOCC3)sc12. The summed E-state index contributed by atoms with van der Waals surface area (Å²) in [7, 11) is 0. The minimum absolute atomic E-state index is 0.0323. The summed E-state index contributed by atoms with van der Waals surface area (Å²) in [4.78, 5) is 13.9. The Kier molecular flexibility index (Phi) is 5.85. The molecule has 1 aromatic carbocycles. The quantitative estimate of drug-likeness (QED) is 0.398. The first-order valence-corrected chi connectivity index (χ1v) is 11.0. The molecule has 0 unspecified atom stereocenters. The Balaban J connectivity index is 1.62. The number of nitrogens with zero attached hydrogens (tertiary/aromatic N) is 2. The molecule has 1 aliphatic rings. The molecule has 3 N–H and O–H groups in total. The molecule has 2 aromatic heterocycles. The van der Waals surface area contributed by atoms with E-state index >= 15 is 0 Å². The van der Waals surface area contributed by atoms with E-state index in [1.54, 1.807) is 6.07 Å². The molecule has 1 saturated heterocycles. The van der Waals surface area contributed by atoms with Crippen LogP contribution in [0.25, 0.3) is 10.1 Å². The van der Waals surface area contributed by atoms with Crippen molar-refractivity contribution in [3.8, 4) is 0 Å². The Morgan fingerprint density at radius 1 is 1.22 bits per heavy atom. The normalized spacial score (nSPS) is 16.3. The van der Waals surface area contributed by atoms with Gasteiger partial charge in [0.2, 0.25) is 0 Å². The first-order chi connectivity index (χ1) is 15.1. The van der Waals surface area contributed by atoms with Crippen LogP contribution in [0.2, 0.25) is 0 Å². The molecule has 6 nitrogen and oxygen atoms in total. The molecule has 0 bridgehead atoms. The zero-order valence-corrected chi connectivity index (χ0v) is 18.5. The van der Waals surface area contributed by atoms with Crippen LogP contribution in [0.4, 0.5) is 24.7 Å². The first-order valence-electron chi connectivity index (χ1n) is 10.2. The van der Waals surface area contributed by atoms with E-state index in [0.717, 1.165) is 22.2 Å². The fraction of sp³-hybridized carbons (Fsp3) is 0.409. The zero-order chi connectivity index (χ0) is 23.1. The summed E-state index contributed by atoms with van der Waals surface area (Å²) in [5, 5.41) is 12.1. The predicted molar refractivity (Wildman–Crippen MR) is 118 cm³/mol. The summed E-state index contributed by atoms with van der Waals surface area (Å²) in [5.41, 5.74) is 5.47. The standard InChI is InChI=1S/C22H23F3N4O2S/c1-12-18-16(10-17(32-18)19(30)21(2)3-5-31-6-4-21)20(29-28-12)27-11-13-7-14(22(23,24)25)9-15(26)8-13/h7-10H,3-6,11,26H2,1-2H3,(H,27,29). The van der Waals surface area contributed by atoms with Crippen molar-refractivity contribution in [3.05, 3.63) is 46.0 Å². The Morgan fingerprint density at radius 3 is 2.62 bits per heavy atom. The van der Waals surface area contributed by atoms with Gasteiger partial charge in [-0.15, -0.1) is 16.4 Å². The van der Waals surface area contributed by atoms with Crippen LogP contribution in [0, 0.1) is 12.3 Å². The molecule has 1 fully saturated rings. The number of alkyl halides is 3. The van der Waals surface area contributed by atoms with E-state index in [9.17, 15) is 18.0 Å². The third kappa shape index (κ3) is 4.42. The second-order valence-corrected chi connectivity index (χ2v) is 9.36. The number of anilines is 2. The van der Waals surface area contributed by atoms with Crippen LogP contribution in [-0.4, -0.2) is 29.2 Å². The number of carbonyl (C=O) groups excluding carboxylic acids is 1. The van der Waals surface area contributed by atoms with Gasteiger partial charge >= 0.3 is 6.18 Å². The highest BCUT2D eigenvalue weighted by atomic mass is 32.1. The average Bonchev–Trinajstić information content (AvgIpc) is 3.19. The van der Waals surface area contributed by atoms with E-state index in [4.69, 9.17) is 10.5 Å². The van der Waals surface area contributed by atoms with Crippen molar-refractivity contribution in [3.63, 3.8) is 0 Å². The number of ketones is 1. The van der Waals surface area contributed by atoms with Crippen LogP contribution >= 0.6 is 11.3 Å². The monoisotopic (exact) mass is 464 g/mol. The van der Waals surface area contributed by atoms with Gasteiger partial charge in [-0.25, -0.2) is 0 Å². The van der Waals surface area contributed by atoms with Gasteiger partial charge in [-0.05, 0) is 49.6 Å². The van der Waals surface area contributed by atoms with Gasteiger partial charge in [0, 0.05) is 36.2 Å². The lowest BCUT2D eigenvalue weighted by Gasteiger charge is -2.31. The number of nitrogens with two attached hydrogens (primary N) is 1. The summed E-state index contributed by atoms with van der Waals surface area (Å²) in [6.07, 6.45) is -3.15. The zero-order valence-electron chi connectivity index (χ0n) is 17.7. The molecule has 0 atom stereocenters. The van der Waals surface area contributed by atoms with Crippen LogP contribution in [0.5, 0.6) is 0 Å². The van der Waals surface area contributed by atoms with E-state index in [2.05, 4.69) is 15.5 Å². The number of nitrogen functional groups attached to an aromatic ring is 1. The largest absolute Gasteiger partial charge is 0.416 e. The van der Waals surface area contributed by atoms with Gasteiger partial charge in [-0.1, -0.05) is 6.92 Å². The molecule has 32 heavy (non-hydrogen) atoms. The lowest BCUT2D eigenvalue weighted by molar-refractivity contribution is -0.137. The van der Waals surface area contributed by atoms with Gasteiger partial charge in [0.25, 0.3) is 0 Å². The Hall–Kier alpha value is -2.72. The number of carbonyl (C=O) groups is 1. The maximum Gasteiger partial charge on any atom is 0.416 e. The number of thiophene rings is 1. The average molecular weight is 465 g/mol. The molecular weight excluding hydrogens is 441 g/mol. The number of Topliss-reactive ketones (excluding diaryl/α,β-unsaturated/α-hetero) is 1. The van der Waals surface area contributed by atoms with Gasteiger partial charge in [-0.2, -0.15) is 18.3 Å². The first kappa shape index (κ1) is 22.5. The van der Waals surface area contributed by atoms with Gasteiger partial charge in [0.15, 0.2) is 11.6 Å². The number of halogens is 3. The molecule has 3 heterocycles. The van der Waals surface area contributed by atoms with Crippen LogP contribution in [0.3, 0.4) is 0 Å². The number of aryl methyl sites for hydroxylation is 1. The van der Waals surface area contributed by atoms with Crippen LogP contribution in [0.15, 0.2) is 24.3 Å². The van der Waals surface area contributed by atoms with Crippen molar-refractivity contribution in [2.24, 2.45) is 5.41 Å². The lowest BCUT2D eigenvalue weighted by atomic mass is 9.78. The maximum atomic E-state index is 13.2. The molecule has 0 saturated carbocycles. The van der Waals surface area contributed by atoms with Crippen molar-refractivity contribution in [1.82, 2.24) is 10.2 Å². The van der Waals surface area contributed by atoms with Crippen LogP contribution in [0.1, 0.15) is 46.3 Å². The number of hydrogen-bond donors (Lipinski definition) is 2. The smallest absolute Gasteiger partial charge is 0.399 e. The van der Waals surface area contributed by atoms with Crippen molar-refractivity contribution < 1.29 is 22.7 Å². The molecular formula is C22H23F3N4O2S. The third-order valence-electron chi connectivity index (χ3n) is 5.79. The minimum atomic E-state index is -4.48. The van der Waals surface area contributed by atoms with Crippen molar-refractivity contribution in [2.45, 2.75) is 39.4 Å². The Labute approximate surface area is 187 Å². The number of rotatable bonds is 5. The van der Waals surface area contributed by atoms with E-state index < -0.39 is 17.2 Å². The number of fused-ring (bicyclic) bond motifs is 1. The summed E-state index contributed by atoms with van der Waals surface area (Å²) in [5.74, 6) is 0.479. The Morgan fingerprint density at radius 2 is 1.94 bits per heavy atom. The van der Waals surface area contributed by atoms with Crippen molar-refractivity contribution >= 4 is 38.7 Å². The summed E-state index contributed by atoms with van der Waals surface area (Å²) >= 11 is 1.37. The fourth-order valence-electron chi connectivity index (χ4n) is 3.82. The lowest BCUT2D eigenvalue weighted by Crippen LogP contribution is -2.34. The summed E-state index contributed by atoms with van der Waals surface area (Å²) in [6.45, 7) is 4.97. The van der Waals surface area contributed by atoms with Crippen LogP contribution < -0.4 is 11.1 Å². The van der Waals surface area contributed by atoms with Gasteiger partial charge < -0.3 is 15.8 Å². The predicted octanol–water partition coefficient (Wildman–Crippen LogP) is 5.21. The van der Waals surface area contributed by atoms with Gasteiger partial charge in [0.05, 0.1) is 20.8 Å². The second-order valence-electron chi connectivity index (χ2n) is 8.30. The third-order valence-corrected chi connectivity index (χ3v) is 7.03. The molecule has 10 heteroatoms. The number of nitrogens with one attached hydrogen (secondary N) is 1. The molecule has 0 aliphatic carbocycles. The highest BCUT2D eigenvalue weighted by molar-refractivity contribution is 7.21. The van der Waals surface area contributed by atoms with Crippen molar-refractivity contribution in [2.75, 3.05) is 24.3 Å². The van der Waals surface area contributed by atoms with Crippen LogP contribution in [-0.2, 0) is 17.5 Å². The summed E-state index contributed by atoms with van der Waals surface area (Å²) in [6, 6.07) is 5.24. The molecule has 170 valence electrons. The molecule has 0 spiro atoms. The maximum absolute atomic E-state index is 13.2. The molecule has 3 aromatic rings. The van der Waals surface area contributed by atoms with Crippen molar-refractivity contribution in [1.29, 1.82) is 0 Å². The number of aromatic nitrogens is 2. The molecule has 0 amide bonds. The van der Waals surface area contributed by atoms with Gasteiger partial charge in [-0.3, -0.25) is 4.79 Å². The van der Waals surface area contributed by atoms with E-state index in [-0.39, 0.29) is 18.0 Å².